The number of rotatable bonds is 7. The van der Waals surface area contributed by atoms with Crippen LogP contribution in [0.5, 0.6) is 28.7 Å². The van der Waals surface area contributed by atoms with E-state index in [9.17, 15) is 10.2 Å². The molecule has 0 spiro atoms. The molecule has 6 heteroatoms. The standard InChI is InChI=1S/C25H27NO5/c1-15(2)11-12-31-21-10-7-17(13-20(21)28)23-22(29-3)14-19(25(30-4)24(23)26)16-5-8-18(27)9-6-16/h5-11,13-14,27-28H,12,26H2,1-4H3. The van der Waals surface area contributed by atoms with Crippen molar-refractivity contribution >= 4 is 5.69 Å². The summed E-state index contributed by atoms with van der Waals surface area (Å²) in [7, 11) is 3.10. The molecule has 3 rings (SSSR count). The van der Waals surface area contributed by atoms with Crippen LogP contribution >= 0.6 is 0 Å². The average molecular weight is 421 g/mol. The molecule has 0 aromatic heterocycles. The predicted octanol–water partition coefficient (Wildman–Crippen LogP) is 5.38. The van der Waals surface area contributed by atoms with Gasteiger partial charge in [0.1, 0.15) is 23.9 Å². The zero-order chi connectivity index (χ0) is 22.5. The van der Waals surface area contributed by atoms with E-state index in [1.807, 2.05) is 32.1 Å². The zero-order valence-electron chi connectivity index (χ0n) is 18.1. The summed E-state index contributed by atoms with van der Waals surface area (Å²) in [4.78, 5) is 0. The lowest BCUT2D eigenvalue weighted by atomic mass is 9.95. The number of allylic oxidation sites excluding steroid dienone is 1. The van der Waals surface area contributed by atoms with Crippen molar-refractivity contribution in [2.24, 2.45) is 0 Å². The highest BCUT2D eigenvalue weighted by Gasteiger charge is 2.21. The number of benzene rings is 3. The Hall–Kier alpha value is -3.80. The molecule has 3 aromatic carbocycles. The number of hydrogen-bond acceptors (Lipinski definition) is 6. The first-order valence-electron chi connectivity index (χ1n) is 9.79. The topological polar surface area (TPSA) is 94.2 Å². The molecule has 3 aromatic rings. The molecule has 31 heavy (non-hydrogen) atoms. The second-order valence-electron chi connectivity index (χ2n) is 7.27. The smallest absolute Gasteiger partial charge is 0.161 e. The van der Waals surface area contributed by atoms with Crippen LogP contribution in [0.25, 0.3) is 22.3 Å². The van der Waals surface area contributed by atoms with Crippen LogP contribution in [0.15, 0.2) is 60.2 Å². The molecule has 0 aliphatic rings. The van der Waals surface area contributed by atoms with Crippen LogP contribution in [0.3, 0.4) is 0 Å². The lowest BCUT2D eigenvalue weighted by molar-refractivity contribution is 0.335. The van der Waals surface area contributed by atoms with Gasteiger partial charge >= 0.3 is 0 Å². The number of phenolic OH excluding ortho intramolecular Hbond substituents is 2. The highest BCUT2D eigenvalue weighted by molar-refractivity contribution is 5.93. The van der Waals surface area contributed by atoms with Crippen LogP contribution in [-0.4, -0.2) is 31.0 Å². The summed E-state index contributed by atoms with van der Waals surface area (Å²) in [5.74, 6) is 1.56. The van der Waals surface area contributed by atoms with E-state index in [1.54, 1.807) is 50.6 Å². The number of hydrogen-bond donors (Lipinski definition) is 3. The second kappa shape index (κ2) is 9.34. The lowest BCUT2D eigenvalue weighted by Gasteiger charge is -2.19. The number of anilines is 1. The van der Waals surface area contributed by atoms with Crippen molar-refractivity contribution in [3.8, 4) is 51.0 Å². The number of phenols is 2. The Morgan fingerprint density at radius 3 is 2.16 bits per heavy atom. The van der Waals surface area contributed by atoms with Crippen molar-refractivity contribution in [2.45, 2.75) is 13.8 Å². The molecule has 0 aliphatic carbocycles. The normalized spacial score (nSPS) is 10.5. The van der Waals surface area contributed by atoms with Crippen molar-refractivity contribution in [3.63, 3.8) is 0 Å². The third kappa shape index (κ3) is 4.69. The van der Waals surface area contributed by atoms with Crippen molar-refractivity contribution in [3.05, 3.63) is 60.2 Å². The first-order valence-corrected chi connectivity index (χ1v) is 9.79. The van der Waals surface area contributed by atoms with Gasteiger partial charge in [0.25, 0.3) is 0 Å². The SMILES string of the molecule is COc1cc(-c2ccc(O)cc2)c(OC)c(N)c1-c1ccc(OCC=C(C)C)c(O)c1. The fourth-order valence-corrected chi connectivity index (χ4v) is 3.29. The molecule has 0 amide bonds. The lowest BCUT2D eigenvalue weighted by Crippen LogP contribution is -2.01. The number of ether oxygens (including phenoxy) is 3. The zero-order valence-corrected chi connectivity index (χ0v) is 18.1. The van der Waals surface area contributed by atoms with E-state index in [1.165, 1.54) is 0 Å². The van der Waals surface area contributed by atoms with Crippen LogP contribution in [0.2, 0.25) is 0 Å². The van der Waals surface area contributed by atoms with Crippen LogP contribution in [0, 0.1) is 0 Å². The summed E-state index contributed by atoms with van der Waals surface area (Å²) in [6, 6.07) is 13.7. The van der Waals surface area contributed by atoms with E-state index in [-0.39, 0.29) is 11.5 Å². The second-order valence-corrected chi connectivity index (χ2v) is 7.27. The van der Waals surface area contributed by atoms with Gasteiger partial charge in [0.05, 0.1) is 25.5 Å². The minimum Gasteiger partial charge on any atom is -0.508 e. The molecule has 0 unspecified atom stereocenters. The Balaban J connectivity index is 2.08. The first kappa shape index (κ1) is 21.9. The number of aromatic hydroxyl groups is 2. The van der Waals surface area contributed by atoms with Gasteiger partial charge in [-0.2, -0.15) is 0 Å². The van der Waals surface area contributed by atoms with Gasteiger partial charge < -0.3 is 30.2 Å². The molecule has 0 saturated carbocycles. The van der Waals surface area contributed by atoms with Crippen LogP contribution in [0.4, 0.5) is 5.69 Å². The Bertz CT molecular complexity index is 1100. The minimum absolute atomic E-state index is 0.00249. The first-order chi connectivity index (χ1) is 14.8. The van der Waals surface area contributed by atoms with Crippen LogP contribution in [0.1, 0.15) is 13.8 Å². The van der Waals surface area contributed by atoms with Crippen molar-refractivity contribution in [1.82, 2.24) is 0 Å². The monoisotopic (exact) mass is 421 g/mol. The third-order valence-corrected chi connectivity index (χ3v) is 4.86. The maximum Gasteiger partial charge on any atom is 0.161 e. The molecule has 0 aliphatic heterocycles. The molecular formula is C25H27NO5. The molecule has 0 fully saturated rings. The van der Waals surface area contributed by atoms with Crippen molar-refractivity contribution in [2.75, 3.05) is 26.6 Å². The summed E-state index contributed by atoms with van der Waals surface area (Å²) in [6.07, 6.45) is 1.93. The summed E-state index contributed by atoms with van der Waals surface area (Å²) in [5.41, 5.74) is 10.8. The summed E-state index contributed by atoms with van der Waals surface area (Å²) in [6.45, 7) is 4.34. The molecule has 162 valence electrons. The maximum atomic E-state index is 10.5. The highest BCUT2D eigenvalue weighted by Crippen LogP contribution is 2.48. The van der Waals surface area contributed by atoms with Gasteiger partial charge in [-0.1, -0.05) is 23.8 Å². The van der Waals surface area contributed by atoms with Gasteiger partial charge in [-0.15, -0.1) is 0 Å². The van der Waals surface area contributed by atoms with Crippen LogP contribution in [-0.2, 0) is 0 Å². The Morgan fingerprint density at radius 1 is 0.903 bits per heavy atom. The Kier molecular flexibility index (Phi) is 6.60. The van der Waals surface area contributed by atoms with Crippen LogP contribution < -0.4 is 19.9 Å². The molecule has 0 heterocycles. The quantitative estimate of drug-likeness (QED) is 0.350. The third-order valence-electron chi connectivity index (χ3n) is 4.86. The van der Waals surface area contributed by atoms with Crippen molar-refractivity contribution in [1.29, 1.82) is 0 Å². The van der Waals surface area contributed by atoms with Gasteiger partial charge in [-0.3, -0.25) is 0 Å². The average Bonchev–Trinajstić information content (AvgIpc) is 2.74. The van der Waals surface area contributed by atoms with E-state index in [2.05, 4.69) is 0 Å². The van der Waals surface area contributed by atoms with Gasteiger partial charge in [0.2, 0.25) is 0 Å². The fraction of sp³-hybridized carbons (Fsp3) is 0.200. The Morgan fingerprint density at radius 2 is 1.58 bits per heavy atom. The van der Waals surface area contributed by atoms with E-state index < -0.39 is 0 Å². The molecule has 6 nitrogen and oxygen atoms in total. The van der Waals surface area contributed by atoms with E-state index in [4.69, 9.17) is 19.9 Å². The maximum absolute atomic E-state index is 10.5. The predicted molar refractivity (Wildman–Crippen MR) is 123 cm³/mol. The number of nitrogens with two attached hydrogens (primary N) is 1. The minimum atomic E-state index is 0.00249. The summed E-state index contributed by atoms with van der Waals surface area (Å²) in [5, 5.41) is 20.1. The van der Waals surface area contributed by atoms with Gasteiger partial charge in [0, 0.05) is 5.56 Å². The van der Waals surface area contributed by atoms with Gasteiger partial charge in [-0.05, 0) is 61.4 Å². The molecule has 0 radical (unpaired) electrons. The Labute approximate surface area is 182 Å². The van der Waals surface area contributed by atoms with Gasteiger partial charge in [-0.25, -0.2) is 0 Å². The summed E-state index contributed by atoms with van der Waals surface area (Å²) < 4.78 is 16.9. The van der Waals surface area contributed by atoms with Gasteiger partial charge in [0.15, 0.2) is 11.5 Å². The van der Waals surface area contributed by atoms with E-state index in [0.717, 1.165) is 16.7 Å². The fourth-order valence-electron chi connectivity index (χ4n) is 3.29. The number of nitrogen functional groups attached to an aromatic ring is 1. The summed E-state index contributed by atoms with van der Waals surface area (Å²) >= 11 is 0. The van der Waals surface area contributed by atoms with Crippen molar-refractivity contribution < 1.29 is 24.4 Å². The largest absolute Gasteiger partial charge is 0.508 e. The number of methoxy groups -OCH3 is 2. The molecular weight excluding hydrogens is 394 g/mol. The molecule has 0 saturated heterocycles. The van der Waals surface area contributed by atoms with E-state index >= 15 is 0 Å². The molecule has 0 atom stereocenters. The molecule has 4 N–H and O–H groups in total. The van der Waals surface area contributed by atoms with E-state index in [0.29, 0.717) is 40.7 Å². The molecule has 0 bridgehead atoms. The highest BCUT2D eigenvalue weighted by atomic mass is 16.5.